The van der Waals surface area contributed by atoms with E-state index < -0.39 is 0 Å². The second kappa shape index (κ2) is 6.13. The number of amides is 1. The van der Waals surface area contributed by atoms with Crippen molar-refractivity contribution < 1.29 is 19.4 Å². The quantitative estimate of drug-likeness (QED) is 0.849. The van der Waals surface area contributed by atoms with Crippen molar-refractivity contribution in [3.05, 3.63) is 28.8 Å². The minimum absolute atomic E-state index is 0.0608. The molecule has 0 radical (unpaired) electrons. The number of phenolic OH excluding ortho intramolecular Hbond substituents is 1. The van der Waals surface area contributed by atoms with Crippen LogP contribution in [0.3, 0.4) is 0 Å². The molecule has 1 aromatic rings. The Labute approximate surface area is 122 Å². The lowest BCUT2D eigenvalue weighted by Gasteiger charge is -2.31. The van der Waals surface area contributed by atoms with Crippen molar-refractivity contribution in [1.82, 2.24) is 4.90 Å². The smallest absolute Gasteiger partial charge is 0.310 e. The van der Waals surface area contributed by atoms with Crippen molar-refractivity contribution in [2.45, 2.75) is 12.8 Å². The molecule has 6 heteroatoms. The molecule has 0 aromatic heterocycles. The van der Waals surface area contributed by atoms with Gasteiger partial charge in [0.1, 0.15) is 5.75 Å². The maximum atomic E-state index is 12.4. The summed E-state index contributed by atoms with van der Waals surface area (Å²) in [5.74, 6) is -0.814. The molecule has 1 aliphatic heterocycles. The fourth-order valence-electron chi connectivity index (χ4n) is 2.34. The lowest BCUT2D eigenvalue weighted by atomic mass is 9.97. The molecule has 0 unspecified atom stereocenters. The van der Waals surface area contributed by atoms with E-state index >= 15 is 0 Å². The summed E-state index contributed by atoms with van der Waals surface area (Å²) >= 11 is 5.80. The zero-order valence-corrected chi connectivity index (χ0v) is 11.9. The number of esters is 1. The molecule has 1 atom stereocenters. The highest BCUT2D eigenvalue weighted by Gasteiger charge is 2.29. The fraction of sp³-hybridized carbons (Fsp3) is 0.429. The lowest BCUT2D eigenvalue weighted by Crippen LogP contribution is -2.42. The molecule has 1 heterocycles. The number of hydrogen-bond acceptors (Lipinski definition) is 4. The number of ether oxygens (including phenoxy) is 1. The Morgan fingerprint density at radius 1 is 1.45 bits per heavy atom. The van der Waals surface area contributed by atoms with Crippen LogP contribution in [0, 0.1) is 5.92 Å². The third-order valence-electron chi connectivity index (χ3n) is 3.44. The Kier molecular flexibility index (Phi) is 4.49. The number of hydrogen-bond donors (Lipinski definition) is 1. The molecule has 0 saturated carbocycles. The summed E-state index contributed by atoms with van der Waals surface area (Å²) in [6.07, 6.45) is 1.49. The van der Waals surface area contributed by atoms with Gasteiger partial charge in [-0.25, -0.2) is 0 Å². The number of rotatable bonds is 2. The molecular formula is C14H16ClNO4. The van der Waals surface area contributed by atoms with Gasteiger partial charge in [-0.3, -0.25) is 9.59 Å². The highest BCUT2D eigenvalue weighted by Crippen LogP contribution is 2.25. The first kappa shape index (κ1) is 14.7. The van der Waals surface area contributed by atoms with Crippen LogP contribution in [-0.2, 0) is 9.53 Å². The average molecular weight is 298 g/mol. The molecule has 0 aliphatic carbocycles. The maximum absolute atomic E-state index is 12.4. The van der Waals surface area contributed by atoms with Gasteiger partial charge in [0, 0.05) is 18.7 Å². The topological polar surface area (TPSA) is 66.8 Å². The predicted molar refractivity (Wildman–Crippen MR) is 73.8 cm³/mol. The molecule has 20 heavy (non-hydrogen) atoms. The number of phenols is 1. The van der Waals surface area contributed by atoms with Crippen LogP contribution in [0.5, 0.6) is 5.75 Å². The minimum Gasteiger partial charge on any atom is -0.506 e. The van der Waals surface area contributed by atoms with Gasteiger partial charge in [0.05, 0.1) is 18.1 Å². The number of benzene rings is 1. The van der Waals surface area contributed by atoms with E-state index in [2.05, 4.69) is 0 Å². The molecule has 0 bridgehead atoms. The monoisotopic (exact) mass is 297 g/mol. The summed E-state index contributed by atoms with van der Waals surface area (Å²) < 4.78 is 4.73. The minimum atomic E-state index is -0.286. The normalized spacial score (nSPS) is 18.7. The van der Waals surface area contributed by atoms with Gasteiger partial charge in [-0.15, -0.1) is 0 Å². The van der Waals surface area contributed by atoms with Gasteiger partial charge in [-0.2, -0.15) is 0 Å². The molecule has 1 saturated heterocycles. The third-order valence-corrected chi connectivity index (χ3v) is 3.74. The first-order valence-electron chi connectivity index (χ1n) is 6.38. The largest absolute Gasteiger partial charge is 0.506 e. The van der Waals surface area contributed by atoms with Gasteiger partial charge in [0.2, 0.25) is 0 Å². The Morgan fingerprint density at radius 3 is 2.85 bits per heavy atom. The molecule has 1 fully saturated rings. The van der Waals surface area contributed by atoms with Crippen LogP contribution in [-0.4, -0.2) is 42.1 Å². The average Bonchev–Trinajstić information content (AvgIpc) is 2.48. The van der Waals surface area contributed by atoms with Gasteiger partial charge in [-0.05, 0) is 31.0 Å². The zero-order chi connectivity index (χ0) is 14.7. The number of nitrogens with zero attached hydrogens (tertiary/aromatic N) is 1. The molecule has 0 spiro atoms. The highest BCUT2D eigenvalue weighted by molar-refractivity contribution is 6.32. The van der Waals surface area contributed by atoms with Crippen molar-refractivity contribution >= 4 is 23.5 Å². The van der Waals surface area contributed by atoms with Crippen LogP contribution in [0.25, 0.3) is 0 Å². The number of halogens is 1. The van der Waals surface area contributed by atoms with Crippen LogP contribution in [0.15, 0.2) is 18.2 Å². The zero-order valence-electron chi connectivity index (χ0n) is 11.1. The number of likely N-dealkylation sites (tertiary alicyclic amines) is 1. The Hall–Kier alpha value is -1.75. The summed E-state index contributed by atoms with van der Waals surface area (Å²) in [4.78, 5) is 25.5. The Balaban J connectivity index is 2.12. The fourth-order valence-corrected chi connectivity index (χ4v) is 2.52. The highest BCUT2D eigenvalue weighted by atomic mass is 35.5. The van der Waals surface area contributed by atoms with Gasteiger partial charge in [0.15, 0.2) is 0 Å². The van der Waals surface area contributed by atoms with E-state index in [1.165, 1.54) is 25.3 Å². The van der Waals surface area contributed by atoms with Gasteiger partial charge < -0.3 is 14.7 Å². The number of piperidine rings is 1. The summed E-state index contributed by atoms with van der Waals surface area (Å²) in [5.41, 5.74) is 0.401. The lowest BCUT2D eigenvalue weighted by molar-refractivity contribution is -0.146. The standard InChI is InChI=1S/C14H16ClNO4/c1-20-14(19)10-3-2-6-16(8-10)13(18)9-4-5-12(17)11(15)7-9/h4-5,7,10,17H,2-3,6,8H2,1H3/t10-/m0/s1. The first-order chi connectivity index (χ1) is 9.52. The van der Waals surface area contributed by atoms with Crippen molar-refractivity contribution in [2.75, 3.05) is 20.2 Å². The van der Waals surface area contributed by atoms with E-state index in [1.54, 1.807) is 4.90 Å². The summed E-state index contributed by atoms with van der Waals surface area (Å²) in [6.45, 7) is 0.953. The Morgan fingerprint density at radius 2 is 2.20 bits per heavy atom. The predicted octanol–water partition coefficient (Wildman–Crippen LogP) is 2.07. The van der Waals surface area contributed by atoms with Gasteiger partial charge in [0.25, 0.3) is 5.91 Å². The van der Waals surface area contributed by atoms with E-state index in [9.17, 15) is 14.7 Å². The van der Waals surface area contributed by atoms with Crippen molar-refractivity contribution in [2.24, 2.45) is 5.92 Å². The number of aromatic hydroxyl groups is 1. The second-order valence-corrected chi connectivity index (χ2v) is 5.19. The molecule has 2 rings (SSSR count). The molecule has 1 amide bonds. The molecule has 108 valence electrons. The first-order valence-corrected chi connectivity index (χ1v) is 6.76. The SMILES string of the molecule is COC(=O)[C@H]1CCCN(C(=O)c2ccc(O)c(Cl)c2)C1. The number of carbonyl (C=O) groups is 2. The molecule has 5 nitrogen and oxygen atoms in total. The van der Waals surface area contributed by atoms with E-state index in [0.717, 1.165) is 12.8 Å². The van der Waals surface area contributed by atoms with Crippen molar-refractivity contribution in [1.29, 1.82) is 0 Å². The summed E-state index contributed by atoms with van der Waals surface area (Å²) in [5, 5.41) is 9.50. The molecule has 1 aromatic carbocycles. The maximum Gasteiger partial charge on any atom is 0.310 e. The molecular weight excluding hydrogens is 282 g/mol. The number of methoxy groups -OCH3 is 1. The van der Waals surface area contributed by atoms with Crippen LogP contribution >= 0.6 is 11.6 Å². The van der Waals surface area contributed by atoms with Crippen LogP contribution < -0.4 is 0 Å². The second-order valence-electron chi connectivity index (χ2n) is 4.78. The van der Waals surface area contributed by atoms with Crippen LogP contribution in [0.1, 0.15) is 23.2 Å². The van der Waals surface area contributed by atoms with E-state index in [4.69, 9.17) is 16.3 Å². The van der Waals surface area contributed by atoms with E-state index in [-0.39, 0.29) is 28.6 Å². The third kappa shape index (κ3) is 3.04. The van der Waals surface area contributed by atoms with Gasteiger partial charge >= 0.3 is 5.97 Å². The van der Waals surface area contributed by atoms with Crippen molar-refractivity contribution in [3.8, 4) is 5.75 Å². The van der Waals surface area contributed by atoms with Gasteiger partial charge in [-0.1, -0.05) is 11.6 Å². The summed E-state index contributed by atoms with van der Waals surface area (Å²) in [7, 11) is 1.35. The molecule has 1 aliphatic rings. The van der Waals surface area contributed by atoms with Crippen LogP contribution in [0.4, 0.5) is 0 Å². The Bertz CT molecular complexity index is 532. The number of carbonyl (C=O) groups excluding carboxylic acids is 2. The van der Waals surface area contributed by atoms with E-state index in [0.29, 0.717) is 18.7 Å². The summed E-state index contributed by atoms with van der Waals surface area (Å²) in [6, 6.07) is 4.34. The van der Waals surface area contributed by atoms with Crippen LogP contribution in [0.2, 0.25) is 5.02 Å². The van der Waals surface area contributed by atoms with Crippen molar-refractivity contribution in [3.63, 3.8) is 0 Å². The molecule has 1 N–H and O–H groups in total. The van der Waals surface area contributed by atoms with E-state index in [1.807, 2.05) is 0 Å².